The van der Waals surface area contributed by atoms with Crippen molar-refractivity contribution in [3.63, 3.8) is 0 Å². The van der Waals surface area contributed by atoms with Gasteiger partial charge in [0, 0.05) is 18.4 Å². The van der Waals surface area contributed by atoms with Crippen LogP contribution in [0.2, 0.25) is 0 Å². The lowest BCUT2D eigenvalue weighted by Gasteiger charge is -2.14. The molecule has 1 amide bonds. The molecule has 92 valence electrons. The van der Waals surface area contributed by atoms with Crippen LogP contribution < -0.4 is 9.47 Å². The first kappa shape index (κ1) is 12.1. The average molecular weight is 253 g/mol. The van der Waals surface area contributed by atoms with E-state index in [-0.39, 0.29) is 12.5 Å². The fourth-order valence-corrected chi connectivity index (χ4v) is 2.51. The van der Waals surface area contributed by atoms with Crippen LogP contribution in [0.3, 0.4) is 0 Å². The Bertz CT molecular complexity index is 391. The first-order chi connectivity index (χ1) is 8.29. The van der Waals surface area contributed by atoms with Gasteiger partial charge >= 0.3 is 0 Å². The van der Waals surface area contributed by atoms with Crippen LogP contribution in [0, 0.1) is 0 Å². The van der Waals surface area contributed by atoms with E-state index < -0.39 is 0 Å². The van der Waals surface area contributed by atoms with Crippen molar-refractivity contribution in [2.45, 2.75) is 0 Å². The van der Waals surface area contributed by atoms with Gasteiger partial charge in [0.1, 0.15) is 11.5 Å². The van der Waals surface area contributed by atoms with Gasteiger partial charge in [-0.25, -0.2) is 0 Å². The molecule has 0 N–H and O–H groups in total. The zero-order valence-corrected chi connectivity index (χ0v) is 10.5. The van der Waals surface area contributed by atoms with Crippen LogP contribution in [0.4, 0.5) is 0 Å². The van der Waals surface area contributed by atoms with E-state index in [4.69, 9.17) is 9.47 Å². The molecule has 0 saturated carbocycles. The number of hydrogen-bond acceptors (Lipinski definition) is 4. The van der Waals surface area contributed by atoms with E-state index in [1.165, 1.54) is 0 Å². The molecule has 1 aromatic carbocycles. The summed E-state index contributed by atoms with van der Waals surface area (Å²) in [5.74, 6) is 3.22. The van der Waals surface area contributed by atoms with Gasteiger partial charge in [-0.3, -0.25) is 4.79 Å². The maximum Gasteiger partial charge on any atom is 0.261 e. The number of hydrogen-bond donors (Lipinski definition) is 0. The molecule has 1 saturated heterocycles. The van der Waals surface area contributed by atoms with Crippen LogP contribution in [0.25, 0.3) is 0 Å². The Morgan fingerprint density at radius 3 is 3.00 bits per heavy atom. The van der Waals surface area contributed by atoms with Crippen LogP contribution >= 0.6 is 11.8 Å². The van der Waals surface area contributed by atoms with Crippen molar-refractivity contribution >= 4 is 17.7 Å². The summed E-state index contributed by atoms with van der Waals surface area (Å²) in [6.07, 6.45) is 0. The van der Waals surface area contributed by atoms with Crippen LogP contribution in [-0.4, -0.2) is 42.7 Å². The van der Waals surface area contributed by atoms with Crippen molar-refractivity contribution < 1.29 is 14.3 Å². The number of ether oxygens (including phenoxy) is 2. The second kappa shape index (κ2) is 5.82. The molecule has 1 aliphatic heterocycles. The highest BCUT2D eigenvalue weighted by Crippen LogP contribution is 2.19. The van der Waals surface area contributed by atoms with E-state index in [9.17, 15) is 4.79 Å². The molecule has 5 heteroatoms. The Labute approximate surface area is 105 Å². The molecule has 0 radical (unpaired) electrons. The van der Waals surface area contributed by atoms with Gasteiger partial charge in [0.25, 0.3) is 5.91 Å². The van der Waals surface area contributed by atoms with Gasteiger partial charge in [0.2, 0.25) is 0 Å². The minimum absolute atomic E-state index is 0.0396. The molecule has 17 heavy (non-hydrogen) atoms. The molecule has 4 nitrogen and oxygen atoms in total. The Balaban J connectivity index is 1.86. The molecular weight excluding hydrogens is 238 g/mol. The predicted molar refractivity (Wildman–Crippen MR) is 67.5 cm³/mol. The minimum Gasteiger partial charge on any atom is -0.497 e. The van der Waals surface area contributed by atoms with Crippen molar-refractivity contribution in [2.75, 3.05) is 31.9 Å². The fraction of sp³-hybridized carbons (Fsp3) is 0.417. The Kier molecular flexibility index (Phi) is 4.14. The number of nitrogens with zero attached hydrogens (tertiary/aromatic N) is 1. The largest absolute Gasteiger partial charge is 0.497 e. The monoisotopic (exact) mass is 253 g/mol. The van der Waals surface area contributed by atoms with Crippen molar-refractivity contribution in [1.82, 2.24) is 4.90 Å². The molecule has 1 fully saturated rings. The molecular formula is C12H15NO3S. The normalized spacial score (nSPS) is 14.8. The van der Waals surface area contributed by atoms with Crippen LogP contribution in [-0.2, 0) is 4.79 Å². The maximum atomic E-state index is 11.7. The highest BCUT2D eigenvalue weighted by atomic mass is 32.2. The van der Waals surface area contributed by atoms with E-state index in [1.807, 2.05) is 23.1 Å². The van der Waals surface area contributed by atoms with Crippen LogP contribution in [0.15, 0.2) is 24.3 Å². The van der Waals surface area contributed by atoms with Gasteiger partial charge in [-0.1, -0.05) is 6.07 Å². The van der Waals surface area contributed by atoms with Gasteiger partial charge in [-0.05, 0) is 12.1 Å². The highest BCUT2D eigenvalue weighted by Gasteiger charge is 2.18. The number of rotatable bonds is 4. The van der Waals surface area contributed by atoms with Crippen molar-refractivity contribution in [2.24, 2.45) is 0 Å². The first-order valence-corrected chi connectivity index (χ1v) is 6.57. The lowest BCUT2D eigenvalue weighted by atomic mass is 10.3. The first-order valence-electron chi connectivity index (χ1n) is 5.42. The van der Waals surface area contributed by atoms with Crippen molar-refractivity contribution in [1.29, 1.82) is 0 Å². The van der Waals surface area contributed by atoms with Gasteiger partial charge in [-0.2, -0.15) is 0 Å². The van der Waals surface area contributed by atoms with E-state index in [0.717, 1.165) is 23.9 Å². The lowest BCUT2D eigenvalue weighted by molar-refractivity contribution is -0.131. The van der Waals surface area contributed by atoms with E-state index in [2.05, 4.69) is 0 Å². The summed E-state index contributed by atoms with van der Waals surface area (Å²) in [5.41, 5.74) is 0. The quantitative estimate of drug-likeness (QED) is 0.817. The summed E-state index contributed by atoms with van der Waals surface area (Å²) in [5, 5.41) is 0. The Morgan fingerprint density at radius 2 is 2.29 bits per heavy atom. The average Bonchev–Trinajstić information content (AvgIpc) is 2.90. The van der Waals surface area contributed by atoms with Crippen molar-refractivity contribution in [3.05, 3.63) is 24.3 Å². The topological polar surface area (TPSA) is 38.8 Å². The van der Waals surface area contributed by atoms with Gasteiger partial charge < -0.3 is 14.4 Å². The molecule has 1 aliphatic rings. The second-order valence-electron chi connectivity index (χ2n) is 3.66. The van der Waals surface area contributed by atoms with Crippen LogP contribution in [0.1, 0.15) is 0 Å². The number of methoxy groups -OCH3 is 1. The van der Waals surface area contributed by atoms with Crippen LogP contribution in [0.5, 0.6) is 11.5 Å². The van der Waals surface area contributed by atoms with E-state index >= 15 is 0 Å². The van der Waals surface area contributed by atoms with Crippen molar-refractivity contribution in [3.8, 4) is 11.5 Å². The summed E-state index contributed by atoms with van der Waals surface area (Å²) < 4.78 is 10.5. The summed E-state index contributed by atoms with van der Waals surface area (Å²) in [6, 6.07) is 7.26. The van der Waals surface area contributed by atoms with E-state index in [0.29, 0.717) is 5.75 Å². The summed E-state index contributed by atoms with van der Waals surface area (Å²) in [4.78, 5) is 13.5. The highest BCUT2D eigenvalue weighted by molar-refractivity contribution is 7.99. The summed E-state index contributed by atoms with van der Waals surface area (Å²) >= 11 is 1.77. The number of thioether (sulfide) groups is 1. The second-order valence-corrected chi connectivity index (χ2v) is 4.74. The molecule has 0 aromatic heterocycles. The third kappa shape index (κ3) is 3.30. The standard InChI is InChI=1S/C12H15NO3S/c1-15-10-3-2-4-11(7-10)16-8-12(14)13-5-6-17-9-13/h2-4,7H,5-6,8-9H2,1H3. The Hall–Kier alpha value is -1.36. The summed E-state index contributed by atoms with van der Waals surface area (Å²) in [7, 11) is 1.60. The predicted octanol–water partition coefficient (Wildman–Crippen LogP) is 1.61. The molecule has 0 spiro atoms. The number of carbonyl (C=O) groups excluding carboxylic acids is 1. The number of carbonyl (C=O) groups is 1. The molecule has 0 unspecified atom stereocenters. The SMILES string of the molecule is COc1cccc(OCC(=O)N2CCSC2)c1. The summed E-state index contributed by atoms with van der Waals surface area (Å²) in [6.45, 7) is 0.915. The third-order valence-electron chi connectivity index (χ3n) is 2.51. The van der Waals surface area contributed by atoms with Gasteiger partial charge in [-0.15, -0.1) is 11.8 Å². The zero-order valence-electron chi connectivity index (χ0n) is 9.72. The number of benzene rings is 1. The lowest BCUT2D eigenvalue weighted by Crippen LogP contribution is -2.32. The third-order valence-corrected chi connectivity index (χ3v) is 3.47. The van der Waals surface area contributed by atoms with Gasteiger partial charge in [0.05, 0.1) is 13.0 Å². The van der Waals surface area contributed by atoms with E-state index in [1.54, 1.807) is 24.9 Å². The van der Waals surface area contributed by atoms with Gasteiger partial charge in [0.15, 0.2) is 6.61 Å². The zero-order chi connectivity index (χ0) is 12.1. The maximum absolute atomic E-state index is 11.7. The fourth-order valence-electron chi connectivity index (χ4n) is 1.54. The molecule has 0 bridgehead atoms. The molecule has 2 rings (SSSR count). The molecule has 1 aromatic rings. The molecule has 1 heterocycles. The minimum atomic E-state index is 0.0396. The smallest absolute Gasteiger partial charge is 0.261 e. The Morgan fingerprint density at radius 1 is 1.47 bits per heavy atom. The number of amides is 1. The molecule has 0 aliphatic carbocycles. The molecule has 0 atom stereocenters.